The van der Waals surface area contributed by atoms with E-state index in [0.717, 1.165) is 22.6 Å². The second-order valence-electron chi connectivity index (χ2n) is 7.02. The first-order valence-electron chi connectivity index (χ1n) is 9.34. The molecule has 1 heterocycles. The highest BCUT2D eigenvalue weighted by atomic mass is 35.5. The van der Waals surface area contributed by atoms with Crippen molar-refractivity contribution in [3.05, 3.63) is 91.8 Å². The largest absolute Gasteiger partial charge is 0.321 e. The number of nitrogens with one attached hydrogen (secondary N) is 1. The van der Waals surface area contributed by atoms with E-state index in [2.05, 4.69) is 5.32 Å². The lowest BCUT2D eigenvalue weighted by atomic mass is 10.1. The Labute approximate surface area is 184 Å². The van der Waals surface area contributed by atoms with E-state index >= 15 is 0 Å². The van der Waals surface area contributed by atoms with Crippen LogP contribution in [0, 0.1) is 42.2 Å². The molecule has 8 heteroatoms. The molecule has 0 aliphatic heterocycles. The van der Waals surface area contributed by atoms with Crippen molar-refractivity contribution >= 4 is 35.0 Å². The fraction of sp³-hybridized carbons (Fsp3) is 0.130. The average molecular weight is 435 g/mol. The molecule has 0 atom stereocenters. The summed E-state index contributed by atoms with van der Waals surface area (Å²) in [5.41, 5.74) is 4.09. The maximum absolute atomic E-state index is 12.7. The molecule has 0 unspecified atom stereocenters. The van der Waals surface area contributed by atoms with Crippen molar-refractivity contribution in [2.45, 2.75) is 20.8 Å². The van der Waals surface area contributed by atoms with Gasteiger partial charge in [0, 0.05) is 34.2 Å². The maximum atomic E-state index is 12.7. The number of carbonyl (C=O) groups is 1. The van der Waals surface area contributed by atoms with Crippen LogP contribution in [-0.2, 0) is 4.79 Å². The van der Waals surface area contributed by atoms with Gasteiger partial charge in [0.25, 0.3) is 11.6 Å². The molecule has 1 N–H and O–H groups in total. The number of benzene rings is 2. The number of nitriles is 1. The van der Waals surface area contributed by atoms with Gasteiger partial charge in [-0.15, -0.1) is 0 Å². The Balaban J connectivity index is 1.94. The van der Waals surface area contributed by atoms with Gasteiger partial charge in [0.15, 0.2) is 0 Å². The van der Waals surface area contributed by atoms with E-state index in [1.807, 2.05) is 42.7 Å². The predicted molar refractivity (Wildman–Crippen MR) is 120 cm³/mol. The minimum absolute atomic E-state index is 0.109. The number of nitro benzene ring substituents is 1. The molecule has 0 bridgehead atoms. The number of anilines is 1. The third kappa shape index (κ3) is 4.65. The van der Waals surface area contributed by atoms with Gasteiger partial charge in [0.2, 0.25) is 0 Å². The molecular weight excluding hydrogens is 416 g/mol. The molecule has 0 spiro atoms. The van der Waals surface area contributed by atoms with Gasteiger partial charge in [-0.1, -0.05) is 17.7 Å². The zero-order chi connectivity index (χ0) is 22.7. The number of carbonyl (C=O) groups excluding carboxylic acids is 1. The third-order valence-corrected chi connectivity index (χ3v) is 5.15. The molecule has 1 amide bonds. The van der Waals surface area contributed by atoms with Crippen LogP contribution in [0.4, 0.5) is 11.4 Å². The number of nitrogens with zero attached hydrogens (tertiary/aromatic N) is 3. The quantitative estimate of drug-likeness (QED) is 0.247. The zero-order valence-electron chi connectivity index (χ0n) is 17.1. The number of aryl methyl sites for hydroxylation is 2. The van der Waals surface area contributed by atoms with E-state index in [4.69, 9.17) is 11.6 Å². The van der Waals surface area contributed by atoms with Gasteiger partial charge in [-0.05, 0) is 68.3 Å². The van der Waals surface area contributed by atoms with E-state index in [1.54, 1.807) is 25.1 Å². The Morgan fingerprint density at radius 3 is 2.45 bits per heavy atom. The van der Waals surface area contributed by atoms with Gasteiger partial charge in [-0.25, -0.2) is 0 Å². The van der Waals surface area contributed by atoms with E-state index in [9.17, 15) is 20.2 Å². The second-order valence-corrected chi connectivity index (χ2v) is 7.46. The summed E-state index contributed by atoms with van der Waals surface area (Å²) < 4.78 is 2.00. The molecule has 7 nitrogen and oxygen atoms in total. The number of rotatable bonds is 5. The molecule has 0 aliphatic rings. The molecule has 1 aromatic heterocycles. The molecule has 3 aromatic rings. The van der Waals surface area contributed by atoms with Crippen LogP contribution in [0.3, 0.4) is 0 Å². The van der Waals surface area contributed by atoms with E-state index < -0.39 is 10.8 Å². The van der Waals surface area contributed by atoms with Crippen molar-refractivity contribution < 1.29 is 9.72 Å². The van der Waals surface area contributed by atoms with Crippen LogP contribution in [0.25, 0.3) is 11.8 Å². The van der Waals surface area contributed by atoms with Crippen LogP contribution in [0.5, 0.6) is 0 Å². The normalized spacial score (nSPS) is 11.1. The van der Waals surface area contributed by atoms with Gasteiger partial charge in [-0.3, -0.25) is 14.9 Å². The Morgan fingerprint density at radius 1 is 1.16 bits per heavy atom. The number of nitro groups is 1. The first kappa shape index (κ1) is 21.8. The minimum atomic E-state index is -0.637. The molecular formula is C23H19ClN4O3. The van der Waals surface area contributed by atoms with Crippen molar-refractivity contribution in [3.63, 3.8) is 0 Å². The molecule has 31 heavy (non-hydrogen) atoms. The summed E-state index contributed by atoms with van der Waals surface area (Å²) in [6, 6.07) is 15.3. The lowest BCUT2D eigenvalue weighted by molar-refractivity contribution is -0.384. The number of aromatic nitrogens is 1. The fourth-order valence-corrected chi connectivity index (χ4v) is 3.40. The van der Waals surface area contributed by atoms with Crippen LogP contribution in [0.15, 0.2) is 54.1 Å². The van der Waals surface area contributed by atoms with E-state index in [-0.39, 0.29) is 16.9 Å². The Kier molecular flexibility index (Phi) is 6.23. The summed E-state index contributed by atoms with van der Waals surface area (Å²) in [5, 5.41) is 23.8. The molecule has 0 fully saturated rings. The van der Waals surface area contributed by atoms with Crippen LogP contribution in [0.2, 0.25) is 5.02 Å². The van der Waals surface area contributed by atoms with Crippen molar-refractivity contribution in [1.29, 1.82) is 5.26 Å². The number of non-ortho nitro benzene ring substituents is 1. The van der Waals surface area contributed by atoms with Crippen LogP contribution < -0.4 is 5.32 Å². The highest BCUT2D eigenvalue weighted by Gasteiger charge is 2.16. The second kappa shape index (κ2) is 8.86. The van der Waals surface area contributed by atoms with Crippen LogP contribution in [0.1, 0.15) is 22.5 Å². The highest BCUT2D eigenvalue weighted by Crippen LogP contribution is 2.25. The smallest absolute Gasteiger partial charge is 0.271 e. The van der Waals surface area contributed by atoms with Crippen molar-refractivity contribution in [1.82, 2.24) is 4.57 Å². The molecule has 0 saturated carbocycles. The summed E-state index contributed by atoms with van der Waals surface area (Å²) >= 11 is 5.97. The molecule has 0 aliphatic carbocycles. The van der Waals surface area contributed by atoms with E-state index in [1.165, 1.54) is 18.2 Å². The fourth-order valence-electron chi connectivity index (χ4n) is 3.27. The van der Waals surface area contributed by atoms with E-state index in [0.29, 0.717) is 10.6 Å². The number of hydrogen-bond donors (Lipinski definition) is 1. The summed E-state index contributed by atoms with van der Waals surface area (Å²) in [7, 11) is 0. The Morgan fingerprint density at radius 2 is 1.84 bits per heavy atom. The number of amides is 1. The molecule has 0 radical (unpaired) electrons. The topological polar surface area (TPSA) is 101 Å². The summed E-state index contributed by atoms with van der Waals surface area (Å²) in [6.45, 7) is 5.54. The molecule has 156 valence electrons. The monoisotopic (exact) mass is 434 g/mol. The number of hydrogen-bond acceptors (Lipinski definition) is 4. The standard InChI is InChI=1S/C23H19ClN4O3/c1-14-4-7-21(28(30)31)12-22(14)26-23(29)18(13-25)11-17-10-15(2)27(16(17)3)20-8-5-19(24)6-9-20/h4-12H,1-3H3,(H,26,29)/b18-11+. The van der Waals surface area contributed by atoms with Crippen LogP contribution >= 0.6 is 11.6 Å². The summed E-state index contributed by atoms with van der Waals surface area (Å²) in [6.07, 6.45) is 1.51. The summed E-state index contributed by atoms with van der Waals surface area (Å²) in [4.78, 5) is 23.2. The first-order valence-corrected chi connectivity index (χ1v) is 9.72. The number of halogens is 1. The molecule has 2 aromatic carbocycles. The van der Waals surface area contributed by atoms with Crippen molar-refractivity contribution in [2.24, 2.45) is 0 Å². The zero-order valence-corrected chi connectivity index (χ0v) is 17.9. The maximum Gasteiger partial charge on any atom is 0.271 e. The Bertz CT molecular complexity index is 1250. The van der Waals surface area contributed by atoms with Gasteiger partial charge in [-0.2, -0.15) is 5.26 Å². The first-order chi connectivity index (χ1) is 14.7. The van der Waals surface area contributed by atoms with Gasteiger partial charge < -0.3 is 9.88 Å². The third-order valence-electron chi connectivity index (χ3n) is 4.90. The minimum Gasteiger partial charge on any atom is -0.321 e. The van der Waals surface area contributed by atoms with Crippen LogP contribution in [-0.4, -0.2) is 15.4 Å². The molecule has 3 rings (SSSR count). The summed E-state index contributed by atoms with van der Waals surface area (Å²) in [5.74, 6) is -0.637. The van der Waals surface area contributed by atoms with Gasteiger partial charge in [0.05, 0.1) is 10.6 Å². The van der Waals surface area contributed by atoms with Crippen molar-refractivity contribution in [2.75, 3.05) is 5.32 Å². The lowest BCUT2D eigenvalue weighted by Gasteiger charge is -2.10. The lowest BCUT2D eigenvalue weighted by Crippen LogP contribution is -2.14. The van der Waals surface area contributed by atoms with Gasteiger partial charge in [0.1, 0.15) is 11.6 Å². The molecule has 0 saturated heterocycles. The average Bonchev–Trinajstić information content (AvgIpc) is 3.01. The van der Waals surface area contributed by atoms with Gasteiger partial charge >= 0.3 is 0 Å². The SMILES string of the molecule is Cc1ccc([N+](=O)[O-])cc1NC(=O)/C(C#N)=C/c1cc(C)n(-c2ccc(Cl)cc2)c1C. The Hall–Kier alpha value is -3.89. The highest BCUT2D eigenvalue weighted by molar-refractivity contribution is 6.30. The van der Waals surface area contributed by atoms with Crippen molar-refractivity contribution in [3.8, 4) is 11.8 Å². The predicted octanol–water partition coefficient (Wildman–Crippen LogP) is 5.51.